The van der Waals surface area contributed by atoms with Crippen molar-refractivity contribution in [2.45, 2.75) is 45.8 Å². The number of fused-ring (bicyclic) bond motifs is 1. The molecule has 0 atom stereocenters. The summed E-state index contributed by atoms with van der Waals surface area (Å²) in [6.45, 7) is 10.3. The molecule has 0 spiro atoms. The first-order chi connectivity index (χ1) is 10.7. The number of benzene rings is 1. The van der Waals surface area contributed by atoms with Crippen molar-refractivity contribution < 1.29 is 18.8 Å². The molecule has 5 nitrogen and oxygen atoms in total. The Kier molecular flexibility index (Phi) is 4.17. The Balaban J connectivity index is 2.04. The summed E-state index contributed by atoms with van der Waals surface area (Å²) in [7, 11) is 1.12. The summed E-state index contributed by atoms with van der Waals surface area (Å²) >= 11 is 1.65. The van der Waals surface area contributed by atoms with E-state index in [1.807, 2.05) is 46.8 Å². The molecule has 0 radical (unpaired) electrons. The van der Waals surface area contributed by atoms with Gasteiger partial charge in [-0.3, -0.25) is 0 Å². The number of aryl methyl sites for hydroxylation is 1. The van der Waals surface area contributed by atoms with Crippen LogP contribution in [0.2, 0.25) is 0 Å². The Bertz CT molecular complexity index is 712. The molecular formula is C16H22BNO4S. The Labute approximate surface area is 141 Å². The highest BCUT2D eigenvalue weighted by atomic mass is 32.1. The molecule has 0 aliphatic carbocycles. The van der Waals surface area contributed by atoms with Gasteiger partial charge in [-0.05, 0) is 40.7 Å². The highest BCUT2D eigenvalue weighted by Crippen LogP contribution is 2.38. The average Bonchev–Trinajstić information content (AvgIpc) is 2.90. The van der Waals surface area contributed by atoms with Gasteiger partial charge in [0.15, 0.2) is 6.79 Å². The van der Waals surface area contributed by atoms with E-state index in [0.717, 1.165) is 20.7 Å². The van der Waals surface area contributed by atoms with E-state index in [4.69, 9.17) is 18.8 Å². The minimum Gasteiger partial charge on any atom is -0.468 e. The molecule has 1 aromatic heterocycles. The van der Waals surface area contributed by atoms with E-state index in [2.05, 4.69) is 4.98 Å². The zero-order chi connectivity index (χ0) is 16.8. The molecule has 7 heteroatoms. The molecule has 0 saturated carbocycles. The highest BCUT2D eigenvalue weighted by Gasteiger charge is 2.52. The number of aromatic nitrogens is 1. The fraction of sp³-hybridized carbons (Fsp3) is 0.562. The van der Waals surface area contributed by atoms with Gasteiger partial charge in [-0.2, -0.15) is 0 Å². The fourth-order valence-electron chi connectivity index (χ4n) is 2.49. The lowest BCUT2D eigenvalue weighted by Crippen LogP contribution is -2.41. The van der Waals surface area contributed by atoms with Crippen molar-refractivity contribution >= 4 is 34.1 Å². The molecule has 1 aliphatic rings. The van der Waals surface area contributed by atoms with Gasteiger partial charge in [-0.15, -0.1) is 11.3 Å². The monoisotopic (exact) mass is 335 g/mol. The molecule has 1 fully saturated rings. The molecule has 124 valence electrons. The zero-order valence-electron chi connectivity index (χ0n) is 14.4. The van der Waals surface area contributed by atoms with E-state index >= 15 is 0 Å². The van der Waals surface area contributed by atoms with Crippen molar-refractivity contribution in [3.63, 3.8) is 0 Å². The van der Waals surface area contributed by atoms with Crippen LogP contribution in [0.5, 0.6) is 5.75 Å². The maximum atomic E-state index is 6.17. The molecular weight excluding hydrogens is 313 g/mol. The molecule has 0 unspecified atom stereocenters. The van der Waals surface area contributed by atoms with Crippen LogP contribution in [-0.2, 0) is 14.0 Å². The number of hydrogen-bond acceptors (Lipinski definition) is 6. The Morgan fingerprint density at radius 2 is 1.83 bits per heavy atom. The third-order valence-electron chi connectivity index (χ3n) is 4.47. The average molecular weight is 335 g/mol. The SMILES string of the molecule is COCOc1cc2nc(C)sc2cc1B1OC(C)(C)C(C)(C)O1. The zero-order valence-corrected chi connectivity index (χ0v) is 15.2. The van der Waals surface area contributed by atoms with Crippen LogP contribution in [0.3, 0.4) is 0 Å². The number of methoxy groups -OCH3 is 1. The second-order valence-electron chi connectivity index (χ2n) is 6.73. The quantitative estimate of drug-likeness (QED) is 0.635. The van der Waals surface area contributed by atoms with Gasteiger partial charge in [0, 0.05) is 18.6 Å². The normalized spacial score (nSPS) is 19.5. The fourth-order valence-corrected chi connectivity index (χ4v) is 3.34. The highest BCUT2D eigenvalue weighted by molar-refractivity contribution is 7.18. The van der Waals surface area contributed by atoms with Crippen LogP contribution in [0, 0.1) is 6.92 Å². The standard InChI is InChI=1S/C16H22BNO4S/c1-10-18-12-8-13(20-9-19-6)11(7-14(12)23-10)17-21-15(2,3)16(4,5)22-17/h7-8H,9H2,1-6H3. The summed E-state index contributed by atoms with van der Waals surface area (Å²) in [5, 5.41) is 1.02. The summed E-state index contributed by atoms with van der Waals surface area (Å²) in [5.74, 6) is 0.683. The lowest BCUT2D eigenvalue weighted by atomic mass is 9.78. The predicted molar refractivity (Wildman–Crippen MR) is 92.6 cm³/mol. The Hall–Kier alpha value is -1.15. The van der Waals surface area contributed by atoms with Crippen molar-refractivity contribution in [1.82, 2.24) is 4.98 Å². The molecule has 3 rings (SSSR count). The van der Waals surface area contributed by atoms with Crippen LogP contribution in [0.1, 0.15) is 32.7 Å². The molecule has 2 heterocycles. The van der Waals surface area contributed by atoms with Crippen molar-refractivity contribution in [3.8, 4) is 5.75 Å². The van der Waals surface area contributed by atoms with Gasteiger partial charge in [0.1, 0.15) is 5.75 Å². The van der Waals surface area contributed by atoms with E-state index in [0.29, 0.717) is 5.75 Å². The van der Waals surface area contributed by atoms with E-state index in [9.17, 15) is 0 Å². The summed E-state index contributed by atoms with van der Waals surface area (Å²) in [4.78, 5) is 4.52. The second kappa shape index (κ2) is 5.74. The maximum absolute atomic E-state index is 6.17. The van der Waals surface area contributed by atoms with Crippen molar-refractivity contribution in [1.29, 1.82) is 0 Å². The van der Waals surface area contributed by atoms with Gasteiger partial charge in [0.2, 0.25) is 0 Å². The molecule has 23 heavy (non-hydrogen) atoms. The third kappa shape index (κ3) is 2.98. The summed E-state index contributed by atoms with van der Waals surface area (Å²) in [6, 6.07) is 3.98. The van der Waals surface area contributed by atoms with E-state index in [-0.39, 0.29) is 6.79 Å². The molecule has 1 aliphatic heterocycles. The van der Waals surface area contributed by atoms with Crippen molar-refractivity contribution in [2.24, 2.45) is 0 Å². The largest absolute Gasteiger partial charge is 0.498 e. The molecule has 1 aromatic carbocycles. The summed E-state index contributed by atoms with van der Waals surface area (Å²) < 4.78 is 24.2. The summed E-state index contributed by atoms with van der Waals surface area (Å²) in [5.41, 5.74) is 1.000. The first kappa shape index (κ1) is 16.7. The minimum atomic E-state index is -0.473. The van der Waals surface area contributed by atoms with Gasteiger partial charge in [0.25, 0.3) is 0 Å². The van der Waals surface area contributed by atoms with E-state index in [1.165, 1.54) is 0 Å². The third-order valence-corrected chi connectivity index (χ3v) is 5.40. The predicted octanol–water partition coefficient (Wildman–Crippen LogP) is 2.89. The first-order valence-corrected chi connectivity index (χ1v) is 8.43. The lowest BCUT2D eigenvalue weighted by molar-refractivity contribution is 0.00578. The van der Waals surface area contributed by atoms with Gasteiger partial charge >= 0.3 is 7.12 Å². The van der Waals surface area contributed by atoms with Crippen LogP contribution in [0.15, 0.2) is 12.1 Å². The molecule has 0 N–H and O–H groups in total. The first-order valence-electron chi connectivity index (χ1n) is 7.62. The van der Waals surface area contributed by atoms with E-state index in [1.54, 1.807) is 18.4 Å². The van der Waals surface area contributed by atoms with Crippen molar-refractivity contribution in [2.75, 3.05) is 13.9 Å². The summed E-state index contributed by atoms with van der Waals surface area (Å²) in [6.07, 6.45) is 0. The Morgan fingerprint density at radius 1 is 1.17 bits per heavy atom. The lowest BCUT2D eigenvalue weighted by Gasteiger charge is -2.32. The van der Waals surface area contributed by atoms with Gasteiger partial charge in [0.05, 0.1) is 26.4 Å². The molecule has 2 aromatic rings. The van der Waals surface area contributed by atoms with Gasteiger partial charge in [-0.1, -0.05) is 0 Å². The van der Waals surface area contributed by atoms with Gasteiger partial charge < -0.3 is 18.8 Å². The minimum absolute atomic E-state index is 0.168. The van der Waals surface area contributed by atoms with Gasteiger partial charge in [-0.25, -0.2) is 4.98 Å². The second-order valence-corrected chi connectivity index (χ2v) is 7.96. The van der Waals surface area contributed by atoms with Crippen LogP contribution in [-0.4, -0.2) is 37.2 Å². The molecule has 0 bridgehead atoms. The van der Waals surface area contributed by atoms with Crippen LogP contribution >= 0.6 is 11.3 Å². The number of ether oxygens (including phenoxy) is 2. The number of hydrogen-bond donors (Lipinski definition) is 0. The van der Waals surface area contributed by atoms with Crippen LogP contribution in [0.25, 0.3) is 10.2 Å². The van der Waals surface area contributed by atoms with Crippen molar-refractivity contribution in [3.05, 3.63) is 17.1 Å². The van der Waals surface area contributed by atoms with E-state index < -0.39 is 18.3 Å². The van der Waals surface area contributed by atoms with Crippen LogP contribution < -0.4 is 10.2 Å². The maximum Gasteiger partial charge on any atom is 0.498 e. The Morgan fingerprint density at radius 3 is 2.43 bits per heavy atom. The molecule has 0 amide bonds. The number of nitrogens with zero attached hydrogens (tertiary/aromatic N) is 1. The number of rotatable bonds is 4. The number of thiazole rings is 1. The van der Waals surface area contributed by atoms with Crippen LogP contribution in [0.4, 0.5) is 0 Å². The molecule has 1 saturated heterocycles. The topological polar surface area (TPSA) is 49.8 Å². The smallest absolute Gasteiger partial charge is 0.468 e.